The fourth-order valence-electron chi connectivity index (χ4n) is 2.67. The Hall–Kier alpha value is -0.770. The second kappa shape index (κ2) is 4.84. The van der Waals surface area contributed by atoms with Gasteiger partial charge in [0.25, 0.3) is 0 Å². The molecule has 2 aliphatic rings. The maximum absolute atomic E-state index is 11.6. The van der Waals surface area contributed by atoms with Crippen LogP contribution in [0.3, 0.4) is 0 Å². The van der Waals surface area contributed by atoms with Gasteiger partial charge in [-0.25, -0.2) is 4.79 Å². The number of rotatable bonds is 2. The zero-order valence-electron chi connectivity index (χ0n) is 9.46. The number of carbonyl (C=O) groups is 1. The number of hydrogen-bond acceptors (Lipinski definition) is 2. The minimum Gasteiger partial charge on any atom is -0.338 e. The molecule has 86 valence electrons. The van der Waals surface area contributed by atoms with Gasteiger partial charge in [-0.2, -0.15) is 0 Å². The Bertz CT molecular complexity index is 224. The summed E-state index contributed by atoms with van der Waals surface area (Å²) in [5.74, 6) is 0. The van der Waals surface area contributed by atoms with Gasteiger partial charge < -0.3 is 15.5 Å². The summed E-state index contributed by atoms with van der Waals surface area (Å²) in [6, 6.07) is 1.29. The molecule has 0 atom stereocenters. The molecule has 0 aromatic rings. The maximum atomic E-state index is 11.6. The molecule has 0 aromatic carbocycles. The summed E-state index contributed by atoms with van der Waals surface area (Å²) in [6.07, 6.45) is 5.80. The summed E-state index contributed by atoms with van der Waals surface area (Å²) >= 11 is 0. The van der Waals surface area contributed by atoms with Crippen molar-refractivity contribution in [1.82, 2.24) is 15.5 Å². The van der Waals surface area contributed by atoms with Gasteiger partial charge in [0.2, 0.25) is 0 Å². The first kappa shape index (κ1) is 10.7. The minimum atomic E-state index is 0.147. The van der Waals surface area contributed by atoms with E-state index in [-0.39, 0.29) is 6.03 Å². The van der Waals surface area contributed by atoms with E-state index in [4.69, 9.17) is 0 Å². The molecule has 4 nitrogen and oxygen atoms in total. The van der Waals surface area contributed by atoms with Crippen LogP contribution in [0.25, 0.3) is 0 Å². The fourth-order valence-corrected chi connectivity index (χ4v) is 2.67. The molecule has 1 aliphatic heterocycles. The van der Waals surface area contributed by atoms with Crippen LogP contribution in [0.15, 0.2) is 0 Å². The topological polar surface area (TPSA) is 44.4 Å². The van der Waals surface area contributed by atoms with E-state index < -0.39 is 0 Å². The molecule has 1 saturated heterocycles. The van der Waals surface area contributed by atoms with Crippen LogP contribution in [0.1, 0.15) is 32.1 Å². The van der Waals surface area contributed by atoms with Gasteiger partial charge in [0.15, 0.2) is 0 Å². The van der Waals surface area contributed by atoms with Crippen molar-refractivity contribution >= 4 is 6.03 Å². The zero-order valence-corrected chi connectivity index (χ0v) is 9.46. The van der Waals surface area contributed by atoms with E-state index in [1.54, 1.807) is 0 Å². The third-order valence-electron chi connectivity index (χ3n) is 3.66. The number of nitrogens with zero attached hydrogens (tertiary/aromatic N) is 1. The van der Waals surface area contributed by atoms with E-state index >= 15 is 0 Å². The average Bonchev–Trinajstić information content (AvgIpc) is 2.30. The van der Waals surface area contributed by atoms with Crippen molar-refractivity contribution in [2.24, 2.45) is 0 Å². The van der Waals surface area contributed by atoms with Crippen LogP contribution in [0.4, 0.5) is 4.79 Å². The van der Waals surface area contributed by atoms with Gasteiger partial charge in [-0.15, -0.1) is 0 Å². The summed E-state index contributed by atoms with van der Waals surface area (Å²) in [4.78, 5) is 13.7. The van der Waals surface area contributed by atoms with Crippen molar-refractivity contribution in [2.45, 2.75) is 44.2 Å². The molecule has 0 bridgehead atoms. The second-order valence-electron chi connectivity index (χ2n) is 4.57. The maximum Gasteiger partial charge on any atom is 0.317 e. The molecular weight excluding hydrogens is 190 g/mol. The molecule has 0 spiro atoms. The first-order valence-electron chi connectivity index (χ1n) is 6.03. The highest BCUT2D eigenvalue weighted by Gasteiger charge is 2.29. The van der Waals surface area contributed by atoms with Crippen LogP contribution in [-0.2, 0) is 0 Å². The number of carbonyl (C=O) groups excluding carboxylic acids is 1. The molecule has 4 heteroatoms. The van der Waals surface area contributed by atoms with Crippen molar-refractivity contribution < 1.29 is 4.79 Å². The van der Waals surface area contributed by atoms with E-state index in [1.165, 1.54) is 12.8 Å². The number of amides is 2. The summed E-state index contributed by atoms with van der Waals surface area (Å²) < 4.78 is 0. The number of urea groups is 1. The van der Waals surface area contributed by atoms with Crippen LogP contribution >= 0.6 is 0 Å². The monoisotopic (exact) mass is 211 g/mol. The van der Waals surface area contributed by atoms with Gasteiger partial charge in [-0.3, -0.25) is 0 Å². The van der Waals surface area contributed by atoms with E-state index in [2.05, 4.69) is 10.6 Å². The van der Waals surface area contributed by atoms with Gasteiger partial charge in [0, 0.05) is 25.2 Å². The Balaban J connectivity index is 1.86. The molecule has 15 heavy (non-hydrogen) atoms. The molecule has 2 fully saturated rings. The smallest absolute Gasteiger partial charge is 0.317 e. The zero-order chi connectivity index (χ0) is 10.7. The quantitative estimate of drug-likeness (QED) is 0.713. The number of nitrogens with one attached hydrogen (secondary N) is 2. The molecule has 0 unspecified atom stereocenters. The Morgan fingerprint density at radius 1 is 1.33 bits per heavy atom. The van der Waals surface area contributed by atoms with Gasteiger partial charge in [-0.05, 0) is 39.2 Å². The molecule has 2 rings (SSSR count). The lowest BCUT2D eigenvalue weighted by molar-refractivity contribution is 0.137. The Labute approximate surface area is 91.4 Å². The predicted molar refractivity (Wildman–Crippen MR) is 59.8 cm³/mol. The fraction of sp³-hybridized carbons (Fsp3) is 0.909. The van der Waals surface area contributed by atoms with Crippen molar-refractivity contribution in [2.75, 3.05) is 20.1 Å². The SMILES string of the molecule is CNC1CCC(N2CCCNC2=O)CC1. The first-order chi connectivity index (χ1) is 7.31. The summed E-state index contributed by atoms with van der Waals surface area (Å²) in [7, 11) is 2.03. The molecule has 2 amide bonds. The third kappa shape index (κ3) is 2.43. The van der Waals surface area contributed by atoms with Crippen LogP contribution in [0.5, 0.6) is 0 Å². The summed E-state index contributed by atoms with van der Waals surface area (Å²) in [5.41, 5.74) is 0. The van der Waals surface area contributed by atoms with E-state index in [1.807, 2.05) is 11.9 Å². The average molecular weight is 211 g/mol. The lowest BCUT2D eigenvalue weighted by Crippen LogP contribution is -2.52. The standard InChI is InChI=1S/C11H21N3O/c1-12-9-3-5-10(6-4-9)14-8-2-7-13-11(14)15/h9-10,12H,2-8H2,1H3,(H,13,15). The molecule has 0 aromatic heterocycles. The highest BCUT2D eigenvalue weighted by molar-refractivity contribution is 5.75. The van der Waals surface area contributed by atoms with Gasteiger partial charge in [-0.1, -0.05) is 0 Å². The molecule has 2 N–H and O–H groups in total. The van der Waals surface area contributed by atoms with Gasteiger partial charge >= 0.3 is 6.03 Å². The lowest BCUT2D eigenvalue weighted by atomic mass is 9.90. The van der Waals surface area contributed by atoms with Crippen LogP contribution < -0.4 is 10.6 Å². The van der Waals surface area contributed by atoms with E-state index in [0.717, 1.165) is 32.4 Å². The molecular formula is C11H21N3O. The van der Waals surface area contributed by atoms with E-state index in [9.17, 15) is 4.79 Å². The first-order valence-corrected chi connectivity index (χ1v) is 6.03. The molecule has 1 saturated carbocycles. The number of hydrogen-bond donors (Lipinski definition) is 2. The minimum absolute atomic E-state index is 0.147. The predicted octanol–water partition coefficient (Wildman–Crippen LogP) is 0.932. The van der Waals surface area contributed by atoms with Crippen LogP contribution in [0.2, 0.25) is 0 Å². The third-order valence-corrected chi connectivity index (χ3v) is 3.66. The molecule has 0 radical (unpaired) electrons. The lowest BCUT2D eigenvalue weighted by Gasteiger charge is -2.38. The van der Waals surface area contributed by atoms with Crippen LogP contribution in [0, 0.1) is 0 Å². The summed E-state index contributed by atoms with van der Waals surface area (Å²) in [6.45, 7) is 1.79. The van der Waals surface area contributed by atoms with E-state index in [0.29, 0.717) is 12.1 Å². The van der Waals surface area contributed by atoms with Crippen LogP contribution in [-0.4, -0.2) is 43.2 Å². The highest BCUT2D eigenvalue weighted by Crippen LogP contribution is 2.24. The Morgan fingerprint density at radius 2 is 2.07 bits per heavy atom. The Kier molecular flexibility index (Phi) is 3.46. The van der Waals surface area contributed by atoms with Gasteiger partial charge in [0.05, 0.1) is 0 Å². The normalized spacial score (nSPS) is 32.6. The largest absolute Gasteiger partial charge is 0.338 e. The second-order valence-corrected chi connectivity index (χ2v) is 4.57. The van der Waals surface area contributed by atoms with Crippen molar-refractivity contribution in [3.8, 4) is 0 Å². The molecule has 1 heterocycles. The highest BCUT2D eigenvalue weighted by atomic mass is 16.2. The summed E-state index contributed by atoms with van der Waals surface area (Å²) in [5, 5.41) is 6.25. The van der Waals surface area contributed by atoms with Crippen molar-refractivity contribution in [3.05, 3.63) is 0 Å². The Morgan fingerprint density at radius 3 is 2.67 bits per heavy atom. The molecule has 1 aliphatic carbocycles. The van der Waals surface area contributed by atoms with Crippen molar-refractivity contribution in [1.29, 1.82) is 0 Å². The van der Waals surface area contributed by atoms with Gasteiger partial charge in [0.1, 0.15) is 0 Å². The van der Waals surface area contributed by atoms with Crippen molar-refractivity contribution in [3.63, 3.8) is 0 Å².